The van der Waals surface area contributed by atoms with Crippen LogP contribution in [0.2, 0.25) is 0 Å². The molecule has 1 fully saturated rings. The van der Waals surface area contributed by atoms with Crippen LogP contribution in [0.25, 0.3) is 0 Å². The molecule has 2 nitrogen and oxygen atoms in total. The maximum Gasteiger partial charge on any atom is 0.0519 e. The molecular formula is C12H20N2. The highest BCUT2D eigenvalue weighted by molar-refractivity contribution is 5.46. The van der Waals surface area contributed by atoms with E-state index in [2.05, 4.69) is 41.6 Å². The van der Waals surface area contributed by atoms with Gasteiger partial charge in [0.05, 0.1) is 5.69 Å². The van der Waals surface area contributed by atoms with Crippen molar-refractivity contribution >= 4 is 5.69 Å². The van der Waals surface area contributed by atoms with Gasteiger partial charge in [-0.2, -0.15) is 0 Å². The minimum absolute atomic E-state index is 1.11. The Hall–Kier alpha value is -1.02. The monoisotopic (exact) mass is 192 g/mol. The van der Waals surface area contributed by atoms with Crippen molar-refractivity contribution < 1.29 is 0 Å². The molecule has 78 valence electrons. The lowest BCUT2D eigenvalue weighted by Gasteiger charge is -2.17. The van der Waals surface area contributed by atoms with Crippen LogP contribution >= 0.6 is 0 Å². The molecule has 1 aliphatic heterocycles. The Kier molecular flexibility index (Phi) is 4.47. The van der Waals surface area contributed by atoms with Crippen molar-refractivity contribution in [2.75, 3.05) is 18.1 Å². The first-order valence-electron chi connectivity index (χ1n) is 5.44. The summed E-state index contributed by atoms with van der Waals surface area (Å²) < 4.78 is 0. The van der Waals surface area contributed by atoms with Crippen molar-refractivity contribution in [3.8, 4) is 0 Å². The highest BCUT2D eigenvalue weighted by atomic mass is 15.5. The third kappa shape index (κ3) is 2.74. The number of hydrogen-bond donors (Lipinski definition) is 1. The Balaban J connectivity index is 0.000000461. The van der Waals surface area contributed by atoms with Crippen molar-refractivity contribution in [2.24, 2.45) is 0 Å². The molecule has 1 N–H and O–H groups in total. The SMILES string of the molecule is CC.Cc1ccc(N2CCCN2)cc1. The van der Waals surface area contributed by atoms with Gasteiger partial charge in [0, 0.05) is 13.1 Å². The van der Waals surface area contributed by atoms with Gasteiger partial charge in [0.25, 0.3) is 0 Å². The molecule has 0 radical (unpaired) electrons. The van der Waals surface area contributed by atoms with Gasteiger partial charge in [0.2, 0.25) is 0 Å². The van der Waals surface area contributed by atoms with Gasteiger partial charge in [-0.25, -0.2) is 5.43 Å². The molecule has 14 heavy (non-hydrogen) atoms. The third-order valence-corrected chi connectivity index (χ3v) is 2.21. The van der Waals surface area contributed by atoms with Crippen molar-refractivity contribution in [1.29, 1.82) is 0 Å². The number of rotatable bonds is 1. The first-order chi connectivity index (χ1) is 6.86. The summed E-state index contributed by atoms with van der Waals surface area (Å²) in [7, 11) is 0. The minimum Gasteiger partial charge on any atom is -0.308 e. The lowest BCUT2D eigenvalue weighted by molar-refractivity contribution is 0.787. The molecule has 0 amide bonds. The van der Waals surface area contributed by atoms with Crippen LogP contribution in [0.3, 0.4) is 0 Å². The van der Waals surface area contributed by atoms with Crippen LogP contribution in [0.5, 0.6) is 0 Å². The largest absolute Gasteiger partial charge is 0.308 e. The molecule has 0 aromatic heterocycles. The van der Waals surface area contributed by atoms with E-state index in [1.165, 1.54) is 17.7 Å². The molecule has 0 unspecified atom stereocenters. The summed E-state index contributed by atoms with van der Waals surface area (Å²) in [4.78, 5) is 0. The minimum atomic E-state index is 1.11. The van der Waals surface area contributed by atoms with Gasteiger partial charge in [-0.15, -0.1) is 0 Å². The number of nitrogens with zero attached hydrogens (tertiary/aromatic N) is 1. The Morgan fingerprint density at radius 1 is 1.14 bits per heavy atom. The van der Waals surface area contributed by atoms with E-state index < -0.39 is 0 Å². The molecule has 0 aliphatic carbocycles. The summed E-state index contributed by atoms with van der Waals surface area (Å²) in [6.45, 7) is 8.35. The van der Waals surface area contributed by atoms with Gasteiger partial charge >= 0.3 is 0 Å². The highest BCUT2D eigenvalue weighted by Gasteiger charge is 2.10. The number of hydrazine groups is 1. The summed E-state index contributed by atoms with van der Waals surface area (Å²) in [6, 6.07) is 8.62. The molecule has 0 bridgehead atoms. The fourth-order valence-electron chi connectivity index (χ4n) is 1.48. The van der Waals surface area contributed by atoms with Crippen LogP contribution in [0, 0.1) is 6.92 Å². The standard InChI is InChI=1S/C10H14N2.C2H6/c1-9-3-5-10(6-4-9)12-8-2-7-11-12;1-2/h3-6,11H,2,7-8H2,1H3;1-2H3. The average molecular weight is 192 g/mol. The summed E-state index contributed by atoms with van der Waals surface area (Å²) in [5.41, 5.74) is 5.92. The molecule has 0 saturated carbocycles. The van der Waals surface area contributed by atoms with Crippen molar-refractivity contribution in [3.63, 3.8) is 0 Å². The molecule has 1 saturated heterocycles. The topological polar surface area (TPSA) is 15.3 Å². The molecule has 2 rings (SSSR count). The Labute approximate surface area is 86.9 Å². The molecule has 1 aliphatic rings. The van der Waals surface area contributed by atoms with E-state index in [0.717, 1.165) is 13.1 Å². The second-order valence-electron chi connectivity index (χ2n) is 3.25. The predicted octanol–water partition coefficient (Wildman–Crippen LogP) is 2.74. The van der Waals surface area contributed by atoms with E-state index in [4.69, 9.17) is 0 Å². The lowest BCUT2D eigenvalue weighted by atomic mass is 10.2. The normalized spacial score (nSPS) is 14.9. The van der Waals surface area contributed by atoms with E-state index in [1.807, 2.05) is 13.8 Å². The fraction of sp³-hybridized carbons (Fsp3) is 0.500. The zero-order valence-electron chi connectivity index (χ0n) is 9.38. The van der Waals surface area contributed by atoms with Crippen LogP contribution < -0.4 is 10.4 Å². The van der Waals surface area contributed by atoms with E-state index in [0.29, 0.717) is 0 Å². The van der Waals surface area contributed by atoms with Crippen LogP contribution in [-0.2, 0) is 0 Å². The van der Waals surface area contributed by atoms with Gasteiger partial charge < -0.3 is 5.01 Å². The number of aryl methyl sites for hydroxylation is 1. The van der Waals surface area contributed by atoms with Crippen LogP contribution in [-0.4, -0.2) is 13.1 Å². The van der Waals surface area contributed by atoms with Gasteiger partial charge in [-0.05, 0) is 25.5 Å². The van der Waals surface area contributed by atoms with Crippen LogP contribution in [0.4, 0.5) is 5.69 Å². The van der Waals surface area contributed by atoms with E-state index >= 15 is 0 Å². The summed E-state index contributed by atoms with van der Waals surface area (Å²) in [5, 5.41) is 2.21. The molecule has 0 atom stereocenters. The van der Waals surface area contributed by atoms with Crippen molar-refractivity contribution in [2.45, 2.75) is 27.2 Å². The average Bonchev–Trinajstić information content (AvgIpc) is 2.75. The second kappa shape index (κ2) is 5.66. The van der Waals surface area contributed by atoms with Crippen molar-refractivity contribution in [3.05, 3.63) is 29.8 Å². The first-order valence-corrected chi connectivity index (χ1v) is 5.44. The van der Waals surface area contributed by atoms with E-state index in [9.17, 15) is 0 Å². The Morgan fingerprint density at radius 3 is 2.29 bits per heavy atom. The lowest BCUT2D eigenvalue weighted by Crippen LogP contribution is -2.30. The van der Waals surface area contributed by atoms with Crippen LogP contribution in [0.1, 0.15) is 25.8 Å². The Bertz CT molecular complexity index is 248. The van der Waals surface area contributed by atoms with E-state index in [-0.39, 0.29) is 0 Å². The van der Waals surface area contributed by atoms with E-state index in [1.54, 1.807) is 0 Å². The second-order valence-corrected chi connectivity index (χ2v) is 3.25. The smallest absolute Gasteiger partial charge is 0.0519 e. The number of nitrogens with one attached hydrogen (secondary N) is 1. The van der Waals surface area contributed by atoms with Gasteiger partial charge in [-0.3, -0.25) is 0 Å². The zero-order chi connectivity index (χ0) is 10.4. The molecule has 2 heteroatoms. The maximum absolute atomic E-state index is 3.33. The summed E-state index contributed by atoms with van der Waals surface area (Å²) in [6.07, 6.45) is 1.24. The molecule has 1 heterocycles. The van der Waals surface area contributed by atoms with Gasteiger partial charge in [0.1, 0.15) is 0 Å². The fourth-order valence-corrected chi connectivity index (χ4v) is 1.48. The number of benzene rings is 1. The van der Waals surface area contributed by atoms with Gasteiger partial charge in [-0.1, -0.05) is 31.5 Å². The van der Waals surface area contributed by atoms with Gasteiger partial charge in [0.15, 0.2) is 0 Å². The Morgan fingerprint density at radius 2 is 1.79 bits per heavy atom. The zero-order valence-corrected chi connectivity index (χ0v) is 9.38. The molecule has 0 spiro atoms. The molecule has 1 aromatic carbocycles. The quantitative estimate of drug-likeness (QED) is 0.736. The predicted molar refractivity (Wildman–Crippen MR) is 62.5 cm³/mol. The number of hydrogen-bond acceptors (Lipinski definition) is 2. The molecule has 1 aromatic rings. The highest BCUT2D eigenvalue weighted by Crippen LogP contribution is 2.15. The molecular weight excluding hydrogens is 172 g/mol. The summed E-state index contributed by atoms with van der Waals surface area (Å²) >= 11 is 0. The van der Waals surface area contributed by atoms with Crippen LogP contribution in [0.15, 0.2) is 24.3 Å². The van der Waals surface area contributed by atoms with Crippen molar-refractivity contribution in [1.82, 2.24) is 5.43 Å². The maximum atomic E-state index is 3.33. The number of anilines is 1. The summed E-state index contributed by atoms with van der Waals surface area (Å²) in [5.74, 6) is 0. The first kappa shape index (κ1) is 11.1. The third-order valence-electron chi connectivity index (χ3n) is 2.21.